The number of nitrogens with one attached hydrogen (secondary N) is 1. The summed E-state index contributed by atoms with van der Waals surface area (Å²) in [5.74, 6) is -1.50. The summed E-state index contributed by atoms with van der Waals surface area (Å²) in [5, 5.41) is 0. The van der Waals surface area contributed by atoms with Gasteiger partial charge in [-0.25, -0.2) is 9.59 Å². The van der Waals surface area contributed by atoms with Gasteiger partial charge in [0.2, 0.25) is 5.78 Å². The molecule has 0 spiro atoms. The zero-order chi connectivity index (χ0) is 18.7. The van der Waals surface area contributed by atoms with Gasteiger partial charge in [-0.15, -0.1) is 0 Å². The summed E-state index contributed by atoms with van der Waals surface area (Å²) in [6, 6.07) is 6.89. The molecule has 0 bridgehead atoms. The van der Waals surface area contributed by atoms with E-state index in [1.165, 1.54) is 14.0 Å². The number of ether oxygens (including phenoxy) is 2. The molecule has 0 amide bonds. The van der Waals surface area contributed by atoms with Crippen LogP contribution in [0.25, 0.3) is 0 Å². The maximum absolute atomic E-state index is 12.6. The smallest absolute Gasteiger partial charge is 0.339 e. The average Bonchev–Trinajstić information content (AvgIpc) is 2.88. The van der Waals surface area contributed by atoms with Crippen LogP contribution >= 0.6 is 0 Å². The highest BCUT2D eigenvalue weighted by atomic mass is 16.5. The predicted molar refractivity (Wildman–Crippen MR) is 92.0 cm³/mol. The van der Waals surface area contributed by atoms with Crippen molar-refractivity contribution in [2.24, 2.45) is 0 Å². The molecule has 2 rings (SSSR count). The fraction of sp³-hybridized carbons (Fsp3) is 0.316. The summed E-state index contributed by atoms with van der Waals surface area (Å²) in [4.78, 5) is 39.5. The standard InChI is InChI=1S/C19H21NO5/c1-10-6-8-14(9-7-10)18(22)25-13(4)17(21)16-11(2)15(12(3)20-16)19(23)24-5/h6-9,13,20H,1-5H3/t13-/m0/s1. The summed E-state index contributed by atoms with van der Waals surface area (Å²) in [6.45, 7) is 6.74. The third-order valence-corrected chi connectivity index (χ3v) is 4.01. The molecule has 1 atom stereocenters. The highest BCUT2D eigenvalue weighted by molar-refractivity contribution is 6.04. The molecule has 0 aliphatic rings. The van der Waals surface area contributed by atoms with E-state index < -0.39 is 23.8 Å². The van der Waals surface area contributed by atoms with Gasteiger partial charge in [0.1, 0.15) is 0 Å². The van der Waals surface area contributed by atoms with E-state index >= 15 is 0 Å². The lowest BCUT2D eigenvalue weighted by Gasteiger charge is -2.12. The first kappa shape index (κ1) is 18.4. The lowest BCUT2D eigenvalue weighted by molar-refractivity contribution is 0.0316. The van der Waals surface area contributed by atoms with Crippen LogP contribution in [0.3, 0.4) is 0 Å². The van der Waals surface area contributed by atoms with Crippen LogP contribution in [0.1, 0.15) is 54.9 Å². The Kier molecular flexibility index (Phi) is 5.41. The van der Waals surface area contributed by atoms with E-state index in [2.05, 4.69) is 4.98 Å². The molecule has 0 saturated heterocycles. The molecule has 2 aromatic rings. The third-order valence-electron chi connectivity index (χ3n) is 4.01. The van der Waals surface area contributed by atoms with Gasteiger partial charge in [-0.2, -0.15) is 0 Å². The van der Waals surface area contributed by atoms with E-state index in [9.17, 15) is 14.4 Å². The second kappa shape index (κ2) is 7.34. The van der Waals surface area contributed by atoms with Crippen LogP contribution in [0.4, 0.5) is 0 Å². The molecular weight excluding hydrogens is 322 g/mol. The Bertz CT molecular complexity index is 817. The quantitative estimate of drug-likeness (QED) is 0.666. The van der Waals surface area contributed by atoms with Gasteiger partial charge in [0.05, 0.1) is 23.9 Å². The Labute approximate surface area is 146 Å². The normalized spacial score (nSPS) is 11.7. The van der Waals surface area contributed by atoms with Crippen LogP contribution in [0, 0.1) is 20.8 Å². The Morgan fingerprint density at radius 3 is 2.16 bits per heavy atom. The van der Waals surface area contributed by atoms with Gasteiger partial charge in [0.15, 0.2) is 6.10 Å². The summed E-state index contributed by atoms with van der Waals surface area (Å²) in [6.07, 6.45) is -0.990. The van der Waals surface area contributed by atoms with Crippen molar-refractivity contribution in [1.82, 2.24) is 4.98 Å². The number of aromatic nitrogens is 1. The van der Waals surface area contributed by atoms with Gasteiger partial charge in [-0.1, -0.05) is 17.7 Å². The van der Waals surface area contributed by atoms with E-state index in [4.69, 9.17) is 9.47 Å². The minimum atomic E-state index is -0.990. The molecule has 0 unspecified atom stereocenters. The van der Waals surface area contributed by atoms with Crippen molar-refractivity contribution < 1.29 is 23.9 Å². The maximum atomic E-state index is 12.6. The lowest BCUT2D eigenvalue weighted by Crippen LogP contribution is -2.25. The average molecular weight is 343 g/mol. The Morgan fingerprint density at radius 2 is 1.60 bits per heavy atom. The number of esters is 2. The molecule has 1 heterocycles. The summed E-state index contributed by atoms with van der Waals surface area (Å²) in [5.41, 5.74) is 2.97. The first-order chi connectivity index (χ1) is 11.8. The van der Waals surface area contributed by atoms with E-state index in [1.807, 2.05) is 6.92 Å². The van der Waals surface area contributed by atoms with Crippen LogP contribution in [0.2, 0.25) is 0 Å². The second-order valence-corrected chi connectivity index (χ2v) is 5.89. The molecule has 0 aliphatic carbocycles. The fourth-order valence-electron chi connectivity index (χ4n) is 2.58. The number of Topliss-reactive ketones (excluding diaryl/α,β-unsaturated/α-hetero) is 1. The lowest BCUT2D eigenvalue weighted by atomic mass is 10.1. The number of H-pyrrole nitrogens is 1. The van der Waals surface area contributed by atoms with Gasteiger partial charge in [-0.3, -0.25) is 4.79 Å². The number of carbonyl (C=O) groups excluding carboxylic acids is 3. The molecule has 1 aromatic heterocycles. The number of benzene rings is 1. The largest absolute Gasteiger partial charge is 0.465 e. The Morgan fingerprint density at radius 1 is 1.00 bits per heavy atom. The number of carbonyl (C=O) groups is 3. The van der Waals surface area contributed by atoms with Crippen molar-refractivity contribution in [3.05, 3.63) is 57.9 Å². The maximum Gasteiger partial charge on any atom is 0.339 e. The molecule has 0 fully saturated rings. The van der Waals surface area contributed by atoms with Gasteiger partial charge < -0.3 is 14.5 Å². The van der Waals surface area contributed by atoms with E-state index in [1.54, 1.807) is 38.1 Å². The topological polar surface area (TPSA) is 85.5 Å². The number of hydrogen-bond acceptors (Lipinski definition) is 5. The number of ketones is 1. The number of aromatic amines is 1. The number of hydrogen-bond donors (Lipinski definition) is 1. The van der Waals surface area contributed by atoms with Gasteiger partial charge in [0.25, 0.3) is 0 Å². The first-order valence-corrected chi connectivity index (χ1v) is 7.85. The van der Waals surface area contributed by atoms with Crippen molar-refractivity contribution in [2.45, 2.75) is 33.8 Å². The van der Waals surface area contributed by atoms with Crippen molar-refractivity contribution in [2.75, 3.05) is 7.11 Å². The van der Waals surface area contributed by atoms with Crippen LogP contribution in [0.5, 0.6) is 0 Å². The molecule has 1 N–H and O–H groups in total. The van der Waals surface area contributed by atoms with Crippen molar-refractivity contribution >= 4 is 17.7 Å². The summed E-state index contributed by atoms with van der Waals surface area (Å²) < 4.78 is 9.99. The van der Waals surface area contributed by atoms with E-state index in [0.29, 0.717) is 22.4 Å². The van der Waals surface area contributed by atoms with Gasteiger partial charge in [0, 0.05) is 5.69 Å². The van der Waals surface area contributed by atoms with Crippen molar-refractivity contribution in [3.8, 4) is 0 Å². The third kappa shape index (κ3) is 3.79. The molecule has 6 heteroatoms. The molecule has 132 valence electrons. The molecule has 1 aromatic carbocycles. The van der Waals surface area contributed by atoms with Crippen LogP contribution in [-0.4, -0.2) is 35.9 Å². The minimum absolute atomic E-state index is 0.238. The van der Waals surface area contributed by atoms with Gasteiger partial charge in [-0.05, 0) is 45.4 Å². The highest BCUT2D eigenvalue weighted by Gasteiger charge is 2.27. The second-order valence-electron chi connectivity index (χ2n) is 5.89. The molecular formula is C19H21NO5. The Balaban J connectivity index is 2.19. The van der Waals surface area contributed by atoms with Crippen molar-refractivity contribution in [3.63, 3.8) is 0 Å². The zero-order valence-corrected chi connectivity index (χ0v) is 14.9. The number of rotatable bonds is 5. The van der Waals surface area contributed by atoms with E-state index in [0.717, 1.165) is 5.56 Å². The van der Waals surface area contributed by atoms with Crippen LogP contribution < -0.4 is 0 Å². The molecule has 0 aliphatic heterocycles. The zero-order valence-electron chi connectivity index (χ0n) is 14.9. The summed E-state index contributed by atoms with van der Waals surface area (Å²) in [7, 11) is 1.28. The van der Waals surface area contributed by atoms with Crippen LogP contribution in [-0.2, 0) is 9.47 Å². The SMILES string of the molecule is COC(=O)c1c(C)[nH]c(C(=O)[C@H](C)OC(=O)c2ccc(C)cc2)c1C. The Hall–Kier alpha value is -2.89. The van der Waals surface area contributed by atoms with Crippen LogP contribution in [0.15, 0.2) is 24.3 Å². The first-order valence-electron chi connectivity index (χ1n) is 7.85. The highest BCUT2D eigenvalue weighted by Crippen LogP contribution is 2.21. The predicted octanol–water partition coefficient (Wildman–Crippen LogP) is 3.15. The van der Waals surface area contributed by atoms with E-state index in [-0.39, 0.29) is 5.69 Å². The molecule has 0 radical (unpaired) electrons. The molecule has 0 saturated carbocycles. The molecule has 6 nitrogen and oxygen atoms in total. The summed E-state index contributed by atoms with van der Waals surface area (Å²) >= 11 is 0. The monoisotopic (exact) mass is 343 g/mol. The van der Waals surface area contributed by atoms with Crippen molar-refractivity contribution in [1.29, 1.82) is 0 Å². The minimum Gasteiger partial charge on any atom is -0.465 e. The number of methoxy groups -OCH3 is 1. The van der Waals surface area contributed by atoms with Gasteiger partial charge >= 0.3 is 11.9 Å². The fourth-order valence-corrected chi connectivity index (χ4v) is 2.58. The molecule has 25 heavy (non-hydrogen) atoms. The number of aryl methyl sites for hydroxylation is 2.